The van der Waals surface area contributed by atoms with Crippen LogP contribution in [-0.4, -0.2) is 54.3 Å². The number of rotatable bonds is 4. The number of nitrogens with one attached hydrogen (secondary N) is 1. The van der Waals surface area contributed by atoms with E-state index in [1.54, 1.807) is 43.3 Å². The number of ether oxygens (including phenoxy) is 1. The molecule has 0 aromatic heterocycles. The van der Waals surface area contributed by atoms with Gasteiger partial charge in [-0.05, 0) is 43.3 Å². The maximum Gasteiger partial charge on any atom is 0.339 e. The lowest BCUT2D eigenvalue weighted by Gasteiger charge is -2.29. The molecule has 1 atom stereocenters. The number of benzene rings is 2. The Morgan fingerprint density at radius 2 is 1.72 bits per heavy atom. The first-order valence-corrected chi connectivity index (χ1v) is 9.86. The molecule has 2 aliphatic rings. The molecule has 0 radical (unpaired) electrons. The fraction of sp³-hybridized carbons (Fsp3) is 0.227. The predicted octanol–water partition coefficient (Wildman–Crippen LogP) is 1.75. The molecule has 1 N–H and O–H groups in total. The Bertz CT molecular complexity index is 1130. The monoisotopic (exact) mass is 436 g/mol. The van der Waals surface area contributed by atoms with Crippen LogP contribution in [0.3, 0.4) is 0 Å². The zero-order chi connectivity index (χ0) is 23.0. The van der Waals surface area contributed by atoms with E-state index in [1.165, 1.54) is 24.1 Å². The van der Waals surface area contributed by atoms with E-state index in [0.29, 0.717) is 22.0 Å². The van der Waals surface area contributed by atoms with Gasteiger partial charge in [-0.1, -0.05) is 12.1 Å². The van der Waals surface area contributed by atoms with Gasteiger partial charge in [0, 0.05) is 12.5 Å². The van der Waals surface area contributed by atoms with E-state index in [2.05, 4.69) is 5.32 Å². The normalized spacial score (nSPS) is 18.4. The topological polar surface area (TPSA) is 116 Å². The van der Waals surface area contributed by atoms with Crippen LogP contribution >= 0.6 is 0 Å². The second-order valence-electron chi connectivity index (χ2n) is 7.39. The van der Waals surface area contributed by atoms with Gasteiger partial charge in [0.05, 0.1) is 24.2 Å². The van der Waals surface area contributed by atoms with Gasteiger partial charge < -0.3 is 15.0 Å². The number of hydrogen-bond acceptors (Lipinski definition) is 6. The van der Waals surface area contributed by atoms with Crippen molar-refractivity contribution in [3.8, 4) is 5.75 Å². The molecule has 10 nitrogen and oxygen atoms in total. The number of carbonyl (C=O) groups is 5. The average Bonchev–Trinajstić information content (AvgIpc) is 2.90. The minimum Gasteiger partial charge on any atom is -0.497 e. The molecule has 1 fully saturated rings. The molecule has 2 heterocycles. The highest BCUT2D eigenvalue weighted by molar-refractivity contribution is 6.53. The number of methoxy groups -OCH3 is 1. The quantitative estimate of drug-likeness (QED) is 0.577. The Labute approximate surface area is 183 Å². The predicted molar refractivity (Wildman–Crippen MR) is 114 cm³/mol. The van der Waals surface area contributed by atoms with E-state index in [1.807, 2.05) is 0 Å². The smallest absolute Gasteiger partial charge is 0.339 e. The van der Waals surface area contributed by atoms with Crippen LogP contribution in [0.4, 0.5) is 21.9 Å². The highest BCUT2D eigenvalue weighted by Gasteiger charge is 2.47. The minimum absolute atomic E-state index is 0.0409. The molecule has 1 unspecified atom stereocenters. The number of para-hydroxylation sites is 2. The second-order valence-corrected chi connectivity index (χ2v) is 7.39. The van der Waals surface area contributed by atoms with Crippen molar-refractivity contribution >= 4 is 46.7 Å². The molecule has 2 aromatic rings. The SMILES string of the molecule is COc1ccc(N2C(=O)C(=O)N(CC(=O)N3c4ccccc4NC(=O)CC3C)C2=O)cc1. The molecule has 10 heteroatoms. The van der Waals surface area contributed by atoms with Gasteiger partial charge in [-0.15, -0.1) is 0 Å². The minimum atomic E-state index is -1.09. The van der Waals surface area contributed by atoms with Crippen molar-refractivity contribution in [1.29, 1.82) is 0 Å². The first-order valence-electron chi connectivity index (χ1n) is 9.86. The van der Waals surface area contributed by atoms with Crippen molar-refractivity contribution < 1.29 is 28.7 Å². The molecule has 0 bridgehead atoms. The highest BCUT2D eigenvalue weighted by Crippen LogP contribution is 2.32. The third kappa shape index (κ3) is 3.55. The molecular weight excluding hydrogens is 416 g/mol. The van der Waals surface area contributed by atoms with Crippen LogP contribution < -0.4 is 19.9 Å². The number of hydrogen-bond donors (Lipinski definition) is 1. The van der Waals surface area contributed by atoms with Crippen LogP contribution in [0, 0.1) is 0 Å². The molecule has 164 valence electrons. The number of amides is 6. The Morgan fingerprint density at radius 1 is 1.03 bits per heavy atom. The number of fused-ring (bicyclic) bond motifs is 1. The van der Waals surface area contributed by atoms with E-state index in [0.717, 1.165) is 4.90 Å². The van der Waals surface area contributed by atoms with Crippen molar-refractivity contribution in [2.45, 2.75) is 19.4 Å². The van der Waals surface area contributed by atoms with Gasteiger partial charge in [-0.2, -0.15) is 0 Å². The molecule has 0 aliphatic carbocycles. The summed E-state index contributed by atoms with van der Waals surface area (Å²) in [5, 5.41) is 2.74. The lowest BCUT2D eigenvalue weighted by atomic mass is 10.1. The summed E-state index contributed by atoms with van der Waals surface area (Å²) in [7, 11) is 1.48. The van der Waals surface area contributed by atoms with Gasteiger partial charge in [0.25, 0.3) is 0 Å². The van der Waals surface area contributed by atoms with Gasteiger partial charge in [0.1, 0.15) is 12.3 Å². The maximum absolute atomic E-state index is 13.2. The van der Waals surface area contributed by atoms with Gasteiger partial charge in [0.2, 0.25) is 11.8 Å². The Kier molecular flexibility index (Phi) is 5.35. The summed E-state index contributed by atoms with van der Waals surface area (Å²) in [5.74, 6) is -2.47. The summed E-state index contributed by atoms with van der Waals surface area (Å²) in [6.45, 7) is 1.06. The summed E-state index contributed by atoms with van der Waals surface area (Å²) < 4.78 is 5.06. The van der Waals surface area contributed by atoms with Crippen LogP contribution in [0.15, 0.2) is 48.5 Å². The molecule has 4 rings (SSSR count). The standard InChI is InChI=1S/C22H20N4O6/c1-13-11-18(27)23-16-5-3-4-6-17(16)25(13)19(28)12-24-20(29)21(30)26(22(24)31)14-7-9-15(32-2)10-8-14/h3-10,13H,11-12H2,1-2H3,(H,23,27). The Balaban J connectivity index is 1.60. The fourth-order valence-electron chi connectivity index (χ4n) is 3.78. The lowest BCUT2D eigenvalue weighted by molar-refractivity contribution is -0.140. The molecule has 2 aromatic carbocycles. The Hall–Kier alpha value is -4.21. The molecule has 0 spiro atoms. The van der Waals surface area contributed by atoms with Crippen LogP contribution in [0.2, 0.25) is 0 Å². The zero-order valence-electron chi connectivity index (χ0n) is 17.4. The third-order valence-corrected chi connectivity index (χ3v) is 5.31. The molecule has 32 heavy (non-hydrogen) atoms. The van der Waals surface area contributed by atoms with E-state index in [9.17, 15) is 24.0 Å². The van der Waals surface area contributed by atoms with Gasteiger partial charge in [0.15, 0.2) is 0 Å². The van der Waals surface area contributed by atoms with Crippen LogP contribution in [0.25, 0.3) is 0 Å². The van der Waals surface area contributed by atoms with Crippen molar-refractivity contribution in [3.05, 3.63) is 48.5 Å². The number of urea groups is 1. The molecule has 0 saturated carbocycles. The number of carbonyl (C=O) groups excluding carboxylic acids is 5. The number of imide groups is 2. The van der Waals surface area contributed by atoms with Crippen LogP contribution in [0.5, 0.6) is 5.75 Å². The van der Waals surface area contributed by atoms with Gasteiger partial charge >= 0.3 is 17.8 Å². The largest absolute Gasteiger partial charge is 0.497 e. The van der Waals surface area contributed by atoms with E-state index in [4.69, 9.17) is 4.74 Å². The third-order valence-electron chi connectivity index (χ3n) is 5.31. The summed E-state index contributed by atoms with van der Waals surface area (Å²) in [6, 6.07) is 11.4. The van der Waals surface area contributed by atoms with Crippen molar-refractivity contribution in [1.82, 2.24) is 4.90 Å². The van der Waals surface area contributed by atoms with Crippen LogP contribution in [0.1, 0.15) is 13.3 Å². The first-order chi connectivity index (χ1) is 15.3. The summed E-state index contributed by atoms with van der Waals surface area (Å²) in [4.78, 5) is 66.0. The molecule has 2 aliphatic heterocycles. The summed E-state index contributed by atoms with van der Waals surface area (Å²) in [6.07, 6.45) is 0.0409. The van der Waals surface area contributed by atoms with Crippen LogP contribution in [-0.2, 0) is 19.2 Å². The molecule has 6 amide bonds. The highest BCUT2D eigenvalue weighted by atomic mass is 16.5. The lowest BCUT2D eigenvalue weighted by Crippen LogP contribution is -2.47. The fourth-order valence-corrected chi connectivity index (χ4v) is 3.78. The van der Waals surface area contributed by atoms with Gasteiger partial charge in [-0.3, -0.25) is 19.2 Å². The van der Waals surface area contributed by atoms with Crippen molar-refractivity contribution in [2.75, 3.05) is 28.8 Å². The van der Waals surface area contributed by atoms with Gasteiger partial charge in [-0.25, -0.2) is 14.6 Å². The zero-order valence-corrected chi connectivity index (χ0v) is 17.4. The number of nitrogens with zero attached hydrogens (tertiary/aromatic N) is 3. The Morgan fingerprint density at radius 3 is 2.41 bits per heavy atom. The molecule has 1 saturated heterocycles. The van der Waals surface area contributed by atoms with E-state index in [-0.39, 0.29) is 18.0 Å². The van der Waals surface area contributed by atoms with E-state index < -0.39 is 36.3 Å². The van der Waals surface area contributed by atoms with Crippen molar-refractivity contribution in [3.63, 3.8) is 0 Å². The number of anilines is 3. The average molecular weight is 436 g/mol. The van der Waals surface area contributed by atoms with Crippen molar-refractivity contribution in [2.24, 2.45) is 0 Å². The second kappa shape index (κ2) is 8.14. The van der Waals surface area contributed by atoms with E-state index >= 15 is 0 Å². The first kappa shape index (κ1) is 21.0. The summed E-state index contributed by atoms with van der Waals surface area (Å²) in [5.41, 5.74) is 1.09. The maximum atomic E-state index is 13.2. The summed E-state index contributed by atoms with van der Waals surface area (Å²) >= 11 is 0. The molecular formula is C22H20N4O6.